The van der Waals surface area contributed by atoms with E-state index < -0.39 is 0 Å². The predicted octanol–water partition coefficient (Wildman–Crippen LogP) is 3.93. The van der Waals surface area contributed by atoms with Crippen molar-refractivity contribution in [3.8, 4) is 0 Å². The van der Waals surface area contributed by atoms with E-state index in [2.05, 4.69) is 17.1 Å². The van der Waals surface area contributed by atoms with Gasteiger partial charge in [0, 0.05) is 30.6 Å². The molecule has 0 unspecified atom stereocenters. The van der Waals surface area contributed by atoms with Gasteiger partial charge in [-0.3, -0.25) is 9.59 Å². The molecule has 4 bridgehead atoms. The van der Waals surface area contributed by atoms with E-state index in [1.807, 2.05) is 31.2 Å². The SMILES string of the molecule is CCN(C(=O)CCNC(=O)c1ccccc1C)C12CC3CC(CC(C3)C1)C2. The van der Waals surface area contributed by atoms with Crippen LogP contribution in [-0.4, -0.2) is 35.3 Å². The van der Waals surface area contributed by atoms with Crippen molar-refractivity contribution in [3.05, 3.63) is 35.4 Å². The normalized spacial score (nSPS) is 31.0. The zero-order chi connectivity index (χ0) is 19.0. The van der Waals surface area contributed by atoms with Gasteiger partial charge < -0.3 is 10.2 Å². The highest BCUT2D eigenvalue weighted by molar-refractivity contribution is 5.95. The Kier molecular flexibility index (Phi) is 5.00. The van der Waals surface area contributed by atoms with Gasteiger partial charge in [-0.2, -0.15) is 0 Å². The molecule has 2 amide bonds. The fraction of sp³-hybridized carbons (Fsp3) is 0.652. The molecule has 4 fully saturated rings. The summed E-state index contributed by atoms with van der Waals surface area (Å²) in [6, 6.07) is 7.57. The van der Waals surface area contributed by atoms with Crippen molar-refractivity contribution in [1.29, 1.82) is 0 Å². The maximum Gasteiger partial charge on any atom is 0.251 e. The lowest BCUT2D eigenvalue weighted by molar-refractivity contribution is -0.150. The lowest BCUT2D eigenvalue weighted by Crippen LogP contribution is -2.61. The highest BCUT2D eigenvalue weighted by atomic mass is 16.2. The quantitative estimate of drug-likeness (QED) is 0.827. The third-order valence-corrected chi connectivity index (χ3v) is 7.21. The van der Waals surface area contributed by atoms with E-state index in [1.54, 1.807) is 0 Å². The average Bonchev–Trinajstić information content (AvgIpc) is 2.61. The molecule has 4 heteroatoms. The van der Waals surface area contributed by atoms with Gasteiger partial charge >= 0.3 is 0 Å². The van der Waals surface area contributed by atoms with Gasteiger partial charge in [0.1, 0.15) is 0 Å². The summed E-state index contributed by atoms with van der Waals surface area (Å²) < 4.78 is 0. The molecule has 0 aromatic heterocycles. The van der Waals surface area contributed by atoms with Gasteiger partial charge in [0.15, 0.2) is 0 Å². The van der Waals surface area contributed by atoms with E-state index in [-0.39, 0.29) is 17.4 Å². The second kappa shape index (κ2) is 7.29. The molecule has 146 valence electrons. The van der Waals surface area contributed by atoms with Crippen LogP contribution in [0.3, 0.4) is 0 Å². The first-order valence-corrected chi connectivity index (χ1v) is 10.6. The van der Waals surface area contributed by atoms with Crippen molar-refractivity contribution in [2.75, 3.05) is 13.1 Å². The largest absolute Gasteiger partial charge is 0.352 e. The second-order valence-corrected chi connectivity index (χ2v) is 9.10. The number of aryl methyl sites for hydroxylation is 1. The topological polar surface area (TPSA) is 49.4 Å². The highest BCUT2D eigenvalue weighted by Gasteiger charge is 2.54. The molecule has 4 nitrogen and oxygen atoms in total. The van der Waals surface area contributed by atoms with Crippen LogP contribution in [0.4, 0.5) is 0 Å². The number of amides is 2. The predicted molar refractivity (Wildman–Crippen MR) is 106 cm³/mol. The van der Waals surface area contributed by atoms with Crippen molar-refractivity contribution in [1.82, 2.24) is 10.2 Å². The Hall–Kier alpha value is -1.84. The maximum atomic E-state index is 13.0. The minimum absolute atomic E-state index is 0.0845. The van der Waals surface area contributed by atoms with Crippen molar-refractivity contribution in [2.45, 2.75) is 64.3 Å². The van der Waals surface area contributed by atoms with Gasteiger partial charge in [-0.15, -0.1) is 0 Å². The Morgan fingerprint density at radius 1 is 1.07 bits per heavy atom. The Balaban J connectivity index is 1.36. The number of rotatable bonds is 6. The van der Waals surface area contributed by atoms with E-state index in [4.69, 9.17) is 0 Å². The molecular formula is C23H32N2O2. The number of hydrogen-bond acceptors (Lipinski definition) is 2. The van der Waals surface area contributed by atoms with Crippen LogP contribution in [0, 0.1) is 24.7 Å². The molecule has 0 radical (unpaired) electrons. The van der Waals surface area contributed by atoms with Gasteiger partial charge in [-0.1, -0.05) is 18.2 Å². The number of hydrogen-bond donors (Lipinski definition) is 1. The summed E-state index contributed by atoms with van der Waals surface area (Å²) in [5.74, 6) is 2.62. The highest BCUT2D eigenvalue weighted by Crippen LogP contribution is 2.57. The van der Waals surface area contributed by atoms with E-state index in [9.17, 15) is 9.59 Å². The van der Waals surface area contributed by atoms with Crippen LogP contribution >= 0.6 is 0 Å². The third-order valence-electron chi connectivity index (χ3n) is 7.21. The lowest BCUT2D eigenvalue weighted by atomic mass is 9.52. The molecular weight excluding hydrogens is 336 g/mol. The minimum Gasteiger partial charge on any atom is -0.352 e. The zero-order valence-corrected chi connectivity index (χ0v) is 16.7. The summed E-state index contributed by atoms with van der Waals surface area (Å²) in [5.41, 5.74) is 1.77. The standard InChI is InChI=1S/C23H32N2O2/c1-3-25(23-13-17-10-18(14-23)12-19(11-17)15-23)21(26)8-9-24-22(27)20-7-5-4-6-16(20)2/h4-7,17-19H,3,8-15H2,1-2H3,(H,24,27). The third kappa shape index (κ3) is 3.51. The molecule has 0 saturated heterocycles. The summed E-state index contributed by atoms with van der Waals surface area (Å²) in [4.78, 5) is 27.6. The Morgan fingerprint density at radius 3 is 2.22 bits per heavy atom. The number of nitrogens with one attached hydrogen (secondary N) is 1. The molecule has 4 aliphatic rings. The lowest BCUT2D eigenvalue weighted by Gasteiger charge is -2.60. The Bertz CT molecular complexity index is 692. The van der Waals surface area contributed by atoms with Gasteiger partial charge in [-0.05, 0) is 81.8 Å². The molecule has 4 aliphatic carbocycles. The van der Waals surface area contributed by atoms with Crippen LogP contribution < -0.4 is 5.32 Å². The van der Waals surface area contributed by atoms with Crippen LogP contribution in [0.2, 0.25) is 0 Å². The molecule has 0 atom stereocenters. The minimum atomic E-state index is -0.0845. The fourth-order valence-corrected chi connectivity index (χ4v) is 6.51. The molecule has 27 heavy (non-hydrogen) atoms. The van der Waals surface area contributed by atoms with Crippen LogP contribution in [0.15, 0.2) is 24.3 Å². The van der Waals surface area contributed by atoms with Crippen molar-refractivity contribution >= 4 is 11.8 Å². The molecule has 4 saturated carbocycles. The van der Waals surface area contributed by atoms with Gasteiger partial charge in [0.25, 0.3) is 5.91 Å². The zero-order valence-electron chi connectivity index (χ0n) is 16.7. The summed E-state index contributed by atoms with van der Waals surface area (Å²) in [5, 5.41) is 2.94. The molecule has 0 heterocycles. The van der Waals surface area contributed by atoms with E-state index in [0.29, 0.717) is 18.5 Å². The monoisotopic (exact) mass is 368 g/mol. The molecule has 0 spiro atoms. The first-order valence-electron chi connectivity index (χ1n) is 10.6. The van der Waals surface area contributed by atoms with Gasteiger partial charge in [-0.25, -0.2) is 0 Å². The van der Waals surface area contributed by atoms with Crippen molar-refractivity contribution in [3.63, 3.8) is 0 Å². The summed E-state index contributed by atoms with van der Waals surface area (Å²) in [6.07, 6.45) is 8.16. The first kappa shape index (κ1) is 18.5. The van der Waals surface area contributed by atoms with Crippen LogP contribution in [0.25, 0.3) is 0 Å². The van der Waals surface area contributed by atoms with Crippen molar-refractivity contribution in [2.24, 2.45) is 17.8 Å². The molecule has 1 N–H and O–H groups in total. The van der Waals surface area contributed by atoms with Gasteiger partial charge in [0.05, 0.1) is 0 Å². The molecule has 0 aliphatic heterocycles. The Labute approximate surface area is 162 Å². The van der Waals surface area contributed by atoms with Crippen LogP contribution in [0.5, 0.6) is 0 Å². The molecule has 1 aromatic rings. The smallest absolute Gasteiger partial charge is 0.251 e. The maximum absolute atomic E-state index is 13.0. The second-order valence-electron chi connectivity index (χ2n) is 9.10. The summed E-state index contributed by atoms with van der Waals surface area (Å²) >= 11 is 0. The number of nitrogens with zero attached hydrogens (tertiary/aromatic N) is 1. The van der Waals surface area contributed by atoms with Crippen LogP contribution in [-0.2, 0) is 4.79 Å². The fourth-order valence-electron chi connectivity index (χ4n) is 6.51. The van der Waals surface area contributed by atoms with Crippen molar-refractivity contribution < 1.29 is 9.59 Å². The summed E-state index contributed by atoms with van der Waals surface area (Å²) in [7, 11) is 0. The van der Waals surface area contributed by atoms with Gasteiger partial charge in [0.2, 0.25) is 5.91 Å². The number of carbonyl (C=O) groups is 2. The van der Waals surface area contributed by atoms with E-state index >= 15 is 0 Å². The van der Waals surface area contributed by atoms with E-state index in [1.165, 1.54) is 38.5 Å². The number of benzene rings is 1. The Morgan fingerprint density at radius 2 is 1.67 bits per heavy atom. The van der Waals surface area contributed by atoms with E-state index in [0.717, 1.165) is 29.9 Å². The summed E-state index contributed by atoms with van der Waals surface area (Å²) in [6.45, 7) is 5.25. The first-order chi connectivity index (χ1) is 13.0. The molecule has 5 rings (SSSR count). The average molecular weight is 369 g/mol. The molecule has 1 aromatic carbocycles. The number of carbonyl (C=O) groups excluding carboxylic acids is 2. The van der Waals surface area contributed by atoms with Crippen LogP contribution in [0.1, 0.15) is 67.8 Å².